The predicted octanol–water partition coefficient (Wildman–Crippen LogP) is 1.13. The number of sulfonamides is 1. The largest absolute Gasteiger partial charge is 0.339 e. The minimum atomic E-state index is -3.69. The molecule has 1 aromatic rings. The Morgan fingerprint density at radius 3 is 2.68 bits per heavy atom. The fraction of sp³-hybridized carbons (Fsp3) is 0.529. The van der Waals surface area contributed by atoms with Gasteiger partial charge in [0.05, 0.1) is 11.3 Å². The standard InChI is InChI=1S/C17H25N3O4S/c1-5-12(2)20(13(3)21)9-8-18-25(23,24)15-6-7-16-14(10-15)11-17(22)19(16)4/h6-7,10,12,18H,5,8-9,11H2,1-4H3. The SMILES string of the molecule is CCC(C)N(CCNS(=O)(=O)c1ccc2c(c1)CC(=O)N2C)C(C)=O. The van der Waals surface area contributed by atoms with Crippen molar-refractivity contribution in [1.29, 1.82) is 0 Å². The van der Waals surface area contributed by atoms with Crippen LogP contribution in [0, 0.1) is 0 Å². The van der Waals surface area contributed by atoms with E-state index < -0.39 is 10.0 Å². The number of rotatable bonds is 7. The van der Waals surface area contributed by atoms with Gasteiger partial charge in [-0.15, -0.1) is 0 Å². The van der Waals surface area contributed by atoms with Crippen LogP contribution in [0.4, 0.5) is 5.69 Å². The summed E-state index contributed by atoms with van der Waals surface area (Å²) in [6.07, 6.45) is 1.01. The van der Waals surface area contributed by atoms with Gasteiger partial charge >= 0.3 is 0 Å². The molecule has 1 N–H and O–H groups in total. The van der Waals surface area contributed by atoms with Gasteiger partial charge in [0.1, 0.15) is 0 Å². The maximum absolute atomic E-state index is 12.5. The number of anilines is 1. The number of nitrogens with zero attached hydrogens (tertiary/aromatic N) is 2. The first-order valence-corrected chi connectivity index (χ1v) is 9.82. The lowest BCUT2D eigenvalue weighted by molar-refractivity contribution is -0.130. The van der Waals surface area contributed by atoms with Crippen molar-refractivity contribution in [1.82, 2.24) is 9.62 Å². The van der Waals surface area contributed by atoms with Crippen LogP contribution in [0.25, 0.3) is 0 Å². The van der Waals surface area contributed by atoms with Crippen LogP contribution in [0.2, 0.25) is 0 Å². The van der Waals surface area contributed by atoms with Crippen molar-refractivity contribution in [2.45, 2.75) is 44.6 Å². The summed E-state index contributed by atoms with van der Waals surface area (Å²) in [4.78, 5) is 26.7. The highest BCUT2D eigenvalue weighted by atomic mass is 32.2. The molecule has 138 valence electrons. The van der Waals surface area contributed by atoms with Gasteiger partial charge < -0.3 is 9.80 Å². The summed E-state index contributed by atoms with van der Waals surface area (Å²) in [6, 6.07) is 4.74. The Morgan fingerprint density at radius 2 is 2.08 bits per heavy atom. The zero-order chi connectivity index (χ0) is 18.8. The van der Waals surface area contributed by atoms with E-state index in [0.717, 1.165) is 12.1 Å². The van der Waals surface area contributed by atoms with E-state index in [4.69, 9.17) is 0 Å². The van der Waals surface area contributed by atoms with Crippen molar-refractivity contribution < 1.29 is 18.0 Å². The third-order valence-corrected chi connectivity index (χ3v) is 6.07. The second-order valence-electron chi connectivity index (χ2n) is 6.29. The van der Waals surface area contributed by atoms with Gasteiger partial charge in [-0.05, 0) is 37.1 Å². The number of benzene rings is 1. The van der Waals surface area contributed by atoms with Crippen LogP contribution < -0.4 is 9.62 Å². The Kier molecular flexibility index (Phi) is 5.84. The van der Waals surface area contributed by atoms with Crippen molar-refractivity contribution in [3.05, 3.63) is 23.8 Å². The molecule has 0 fully saturated rings. The second-order valence-corrected chi connectivity index (χ2v) is 8.05. The molecule has 0 spiro atoms. The lowest BCUT2D eigenvalue weighted by Gasteiger charge is -2.27. The van der Waals surface area contributed by atoms with E-state index >= 15 is 0 Å². The molecule has 0 saturated heterocycles. The fourth-order valence-corrected chi connectivity index (χ4v) is 3.98. The van der Waals surface area contributed by atoms with Crippen LogP contribution in [0.5, 0.6) is 0 Å². The molecule has 7 nitrogen and oxygen atoms in total. The first-order chi connectivity index (χ1) is 11.7. The molecule has 1 heterocycles. The van der Waals surface area contributed by atoms with E-state index in [9.17, 15) is 18.0 Å². The molecule has 8 heteroatoms. The van der Waals surface area contributed by atoms with Crippen LogP contribution in [0.3, 0.4) is 0 Å². The minimum Gasteiger partial charge on any atom is -0.339 e. The molecule has 1 aliphatic heterocycles. The number of fused-ring (bicyclic) bond motifs is 1. The normalized spacial score (nSPS) is 15.2. The molecule has 2 rings (SSSR count). The zero-order valence-corrected chi connectivity index (χ0v) is 15.9. The smallest absolute Gasteiger partial charge is 0.240 e. The maximum Gasteiger partial charge on any atom is 0.240 e. The number of hydrogen-bond acceptors (Lipinski definition) is 4. The third-order valence-electron chi connectivity index (χ3n) is 4.61. The number of amides is 2. The van der Waals surface area contributed by atoms with Gasteiger partial charge in [0.25, 0.3) is 0 Å². The summed E-state index contributed by atoms with van der Waals surface area (Å²) in [6.45, 7) is 5.85. The van der Waals surface area contributed by atoms with Crippen LogP contribution in [0.15, 0.2) is 23.1 Å². The highest BCUT2D eigenvalue weighted by molar-refractivity contribution is 7.89. The number of carbonyl (C=O) groups excluding carboxylic acids is 2. The average molecular weight is 367 g/mol. The van der Waals surface area contributed by atoms with Crippen LogP contribution in [-0.2, 0) is 26.0 Å². The molecular formula is C17H25N3O4S. The minimum absolute atomic E-state index is 0.0526. The summed E-state index contributed by atoms with van der Waals surface area (Å²) in [7, 11) is -2.02. The van der Waals surface area contributed by atoms with Crippen molar-refractivity contribution in [2.75, 3.05) is 25.0 Å². The Balaban J connectivity index is 2.06. The molecule has 0 bridgehead atoms. The van der Waals surface area contributed by atoms with Crippen LogP contribution in [-0.4, -0.2) is 51.3 Å². The third kappa shape index (κ3) is 4.19. The number of nitrogens with one attached hydrogen (secondary N) is 1. The topological polar surface area (TPSA) is 86.8 Å². The monoisotopic (exact) mass is 367 g/mol. The molecule has 0 radical (unpaired) electrons. The van der Waals surface area contributed by atoms with Gasteiger partial charge in [0, 0.05) is 38.8 Å². The van der Waals surface area contributed by atoms with Crippen molar-refractivity contribution in [3.8, 4) is 0 Å². The van der Waals surface area contributed by atoms with E-state index in [2.05, 4.69) is 4.72 Å². The molecule has 1 aromatic carbocycles. The van der Waals surface area contributed by atoms with Crippen molar-refractivity contribution in [2.24, 2.45) is 0 Å². The Bertz CT molecular complexity index is 776. The molecule has 0 saturated carbocycles. The highest BCUT2D eigenvalue weighted by Crippen LogP contribution is 2.29. The van der Waals surface area contributed by atoms with Gasteiger partial charge in [-0.25, -0.2) is 13.1 Å². The summed E-state index contributed by atoms with van der Waals surface area (Å²) in [5.74, 6) is -0.129. The van der Waals surface area contributed by atoms with Gasteiger partial charge in [-0.3, -0.25) is 9.59 Å². The van der Waals surface area contributed by atoms with Gasteiger partial charge in [-0.2, -0.15) is 0 Å². The van der Waals surface area contributed by atoms with E-state index in [1.165, 1.54) is 24.0 Å². The van der Waals surface area contributed by atoms with Gasteiger partial charge in [0.2, 0.25) is 21.8 Å². The fourth-order valence-electron chi connectivity index (χ4n) is 2.91. The Morgan fingerprint density at radius 1 is 1.40 bits per heavy atom. The maximum atomic E-state index is 12.5. The molecule has 1 unspecified atom stereocenters. The summed E-state index contributed by atoms with van der Waals surface area (Å²) < 4.78 is 27.5. The number of hydrogen-bond donors (Lipinski definition) is 1. The number of carbonyl (C=O) groups is 2. The Hall–Kier alpha value is -1.93. The lowest BCUT2D eigenvalue weighted by atomic mass is 10.2. The summed E-state index contributed by atoms with van der Waals surface area (Å²) in [5, 5.41) is 0. The lowest BCUT2D eigenvalue weighted by Crippen LogP contribution is -2.42. The molecular weight excluding hydrogens is 342 g/mol. The average Bonchev–Trinajstić information content (AvgIpc) is 2.84. The number of likely N-dealkylation sites (N-methyl/N-ethyl adjacent to an activating group) is 1. The van der Waals surface area contributed by atoms with Gasteiger partial charge in [0.15, 0.2) is 0 Å². The van der Waals surface area contributed by atoms with Crippen molar-refractivity contribution >= 4 is 27.5 Å². The Labute approximate surface area is 149 Å². The van der Waals surface area contributed by atoms with E-state index in [0.29, 0.717) is 12.1 Å². The molecule has 1 aliphatic rings. The molecule has 0 aromatic heterocycles. The quantitative estimate of drug-likeness (QED) is 0.783. The first kappa shape index (κ1) is 19.4. The van der Waals surface area contributed by atoms with E-state index in [-0.39, 0.29) is 35.7 Å². The highest BCUT2D eigenvalue weighted by Gasteiger charge is 2.26. The van der Waals surface area contributed by atoms with E-state index in [1.54, 1.807) is 18.0 Å². The van der Waals surface area contributed by atoms with E-state index in [1.807, 2.05) is 13.8 Å². The van der Waals surface area contributed by atoms with Gasteiger partial charge in [-0.1, -0.05) is 6.92 Å². The van der Waals surface area contributed by atoms with Crippen molar-refractivity contribution in [3.63, 3.8) is 0 Å². The summed E-state index contributed by atoms with van der Waals surface area (Å²) in [5.41, 5.74) is 1.45. The molecule has 25 heavy (non-hydrogen) atoms. The first-order valence-electron chi connectivity index (χ1n) is 8.33. The van der Waals surface area contributed by atoms with Crippen LogP contribution in [0.1, 0.15) is 32.8 Å². The second kappa shape index (κ2) is 7.53. The molecule has 1 atom stereocenters. The molecule has 0 aliphatic carbocycles. The predicted molar refractivity (Wildman–Crippen MR) is 95.9 cm³/mol. The summed E-state index contributed by atoms with van der Waals surface area (Å²) >= 11 is 0. The van der Waals surface area contributed by atoms with Crippen LogP contribution >= 0.6 is 0 Å². The molecule has 2 amide bonds. The zero-order valence-electron chi connectivity index (χ0n) is 15.1.